The molecule has 1 fully saturated rings. The largest absolute Gasteiger partial charge is 0.386 e. The maximum absolute atomic E-state index is 12.4. The summed E-state index contributed by atoms with van der Waals surface area (Å²) in [5.74, 6) is 0. The SMILES string of the molecule is O=S(=O)(NCC1(O)CCOC1)c1cccc2cccnc12. The molecule has 21 heavy (non-hydrogen) atoms. The van der Waals surface area contributed by atoms with Crippen molar-refractivity contribution in [3.05, 3.63) is 36.5 Å². The fraction of sp³-hybridized carbons (Fsp3) is 0.357. The van der Waals surface area contributed by atoms with Crippen molar-refractivity contribution in [2.75, 3.05) is 19.8 Å². The van der Waals surface area contributed by atoms with Gasteiger partial charge in [0.2, 0.25) is 10.0 Å². The van der Waals surface area contributed by atoms with Crippen LogP contribution in [-0.4, -0.2) is 43.9 Å². The van der Waals surface area contributed by atoms with Crippen LogP contribution in [0, 0.1) is 0 Å². The van der Waals surface area contributed by atoms with Crippen molar-refractivity contribution in [1.82, 2.24) is 9.71 Å². The second-order valence-electron chi connectivity index (χ2n) is 5.18. The Hall–Kier alpha value is -1.54. The lowest BCUT2D eigenvalue weighted by molar-refractivity contribution is 0.0314. The van der Waals surface area contributed by atoms with Gasteiger partial charge in [-0.2, -0.15) is 0 Å². The highest BCUT2D eigenvalue weighted by Gasteiger charge is 2.34. The van der Waals surface area contributed by atoms with Gasteiger partial charge in [-0.15, -0.1) is 0 Å². The molecule has 6 nitrogen and oxygen atoms in total. The van der Waals surface area contributed by atoms with Gasteiger partial charge in [0.15, 0.2) is 0 Å². The van der Waals surface area contributed by atoms with Crippen LogP contribution in [0.5, 0.6) is 0 Å². The molecule has 1 unspecified atom stereocenters. The van der Waals surface area contributed by atoms with Crippen LogP contribution in [0.1, 0.15) is 6.42 Å². The molecule has 0 radical (unpaired) electrons. The molecule has 1 aromatic heterocycles. The third-order valence-corrected chi connectivity index (χ3v) is 4.99. The van der Waals surface area contributed by atoms with Crippen LogP contribution in [0.2, 0.25) is 0 Å². The molecule has 0 spiro atoms. The molecule has 2 heterocycles. The molecule has 112 valence electrons. The average Bonchev–Trinajstić information content (AvgIpc) is 2.92. The number of para-hydroxylation sites is 1. The lowest BCUT2D eigenvalue weighted by atomic mass is 10.1. The second kappa shape index (κ2) is 5.34. The van der Waals surface area contributed by atoms with Crippen LogP contribution in [-0.2, 0) is 14.8 Å². The van der Waals surface area contributed by atoms with Crippen molar-refractivity contribution in [2.45, 2.75) is 16.9 Å². The topological polar surface area (TPSA) is 88.5 Å². The molecule has 7 heteroatoms. The zero-order chi connectivity index (χ0) is 14.9. The Bertz CT molecular complexity index is 749. The first-order valence-corrected chi connectivity index (χ1v) is 8.12. The monoisotopic (exact) mass is 308 g/mol. The van der Waals surface area contributed by atoms with Crippen molar-refractivity contribution in [1.29, 1.82) is 0 Å². The molecule has 1 aliphatic rings. The van der Waals surface area contributed by atoms with Gasteiger partial charge in [-0.25, -0.2) is 13.1 Å². The minimum Gasteiger partial charge on any atom is -0.386 e. The lowest BCUT2D eigenvalue weighted by Gasteiger charge is -2.20. The number of sulfonamides is 1. The van der Waals surface area contributed by atoms with Crippen LogP contribution in [0.3, 0.4) is 0 Å². The standard InChI is InChI=1S/C14H16N2O4S/c17-14(6-8-20-10-14)9-16-21(18,19)12-5-1-3-11-4-2-7-15-13(11)12/h1-5,7,16-17H,6,8-10H2. The number of fused-ring (bicyclic) bond motifs is 1. The van der Waals surface area contributed by atoms with Crippen molar-refractivity contribution in [2.24, 2.45) is 0 Å². The molecule has 0 saturated carbocycles. The summed E-state index contributed by atoms with van der Waals surface area (Å²) in [6, 6.07) is 8.54. The van der Waals surface area contributed by atoms with Crippen LogP contribution < -0.4 is 4.72 Å². The Labute approximate surface area is 122 Å². The molecule has 3 rings (SSSR count). The van der Waals surface area contributed by atoms with E-state index in [9.17, 15) is 13.5 Å². The Morgan fingerprint density at radius 1 is 1.33 bits per heavy atom. The number of nitrogens with zero attached hydrogens (tertiary/aromatic N) is 1. The number of rotatable bonds is 4. The van der Waals surface area contributed by atoms with E-state index in [0.717, 1.165) is 5.39 Å². The number of pyridine rings is 1. The number of nitrogens with one attached hydrogen (secondary N) is 1. The molecule has 0 bridgehead atoms. The molecule has 1 saturated heterocycles. The van der Waals surface area contributed by atoms with Gasteiger partial charge in [0.25, 0.3) is 0 Å². The predicted octanol–water partition coefficient (Wildman–Crippen LogP) is 0.664. The summed E-state index contributed by atoms with van der Waals surface area (Å²) in [7, 11) is -3.74. The van der Waals surface area contributed by atoms with Gasteiger partial charge < -0.3 is 9.84 Å². The Morgan fingerprint density at radius 3 is 2.90 bits per heavy atom. The molecule has 0 aliphatic carbocycles. The lowest BCUT2D eigenvalue weighted by Crippen LogP contribution is -2.43. The van der Waals surface area contributed by atoms with Gasteiger partial charge in [-0.3, -0.25) is 4.98 Å². The van der Waals surface area contributed by atoms with Gasteiger partial charge in [0, 0.05) is 31.2 Å². The fourth-order valence-corrected chi connectivity index (χ4v) is 3.63. The summed E-state index contributed by atoms with van der Waals surface area (Å²) in [5, 5.41) is 10.9. The maximum atomic E-state index is 12.4. The number of hydrogen-bond donors (Lipinski definition) is 2. The van der Waals surface area contributed by atoms with Crippen molar-refractivity contribution in [3.63, 3.8) is 0 Å². The molecule has 2 N–H and O–H groups in total. The number of hydrogen-bond acceptors (Lipinski definition) is 5. The molecule has 1 aliphatic heterocycles. The zero-order valence-electron chi connectivity index (χ0n) is 11.3. The first kappa shape index (κ1) is 14.4. The van der Waals surface area contributed by atoms with Crippen molar-refractivity contribution >= 4 is 20.9 Å². The van der Waals surface area contributed by atoms with Crippen molar-refractivity contribution in [3.8, 4) is 0 Å². The fourth-order valence-electron chi connectivity index (χ4n) is 2.34. The highest BCUT2D eigenvalue weighted by atomic mass is 32.2. The van der Waals surface area contributed by atoms with Gasteiger partial charge in [-0.1, -0.05) is 18.2 Å². The molecule has 1 atom stereocenters. The average molecular weight is 308 g/mol. The normalized spacial score (nSPS) is 22.7. The van der Waals surface area contributed by atoms with Gasteiger partial charge in [0.1, 0.15) is 10.5 Å². The van der Waals surface area contributed by atoms with E-state index >= 15 is 0 Å². The number of aliphatic hydroxyl groups is 1. The number of benzene rings is 1. The smallest absolute Gasteiger partial charge is 0.242 e. The highest BCUT2D eigenvalue weighted by molar-refractivity contribution is 7.89. The van der Waals surface area contributed by atoms with Crippen LogP contribution in [0.25, 0.3) is 10.9 Å². The van der Waals surface area contributed by atoms with E-state index in [1.54, 1.807) is 30.5 Å². The van der Waals surface area contributed by atoms with E-state index in [1.807, 2.05) is 0 Å². The number of ether oxygens (including phenoxy) is 1. The summed E-state index contributed by atoms with van der Waals surface area (Å²) < 4.78 is 32.4. The summed E-state index contributed by atoms with van der Waals surface area (Å²) in [4.78, 5) is 4.25. The number of aromatic nitrogens is 1. The molecule has 1 aromatic carbocycles. The Morgan fingerprint density at radius 2 is 2.14 bits per heavy atom. The van der Waals surface area contributed by atoms with E-state index in [-0.39, 0.29) is 18.0 Å². The van der Waals surface area contributed by atoms with Crippen LogP contribution in [0.4, 0.5) is 0 Å². The highest BCUT2D eigenvalue weighted by Crippen LogP contribution is 2.22. The third kappa shape index (κ3) is 2.91. The first-order chi connectivity index (χ1) is 10.0. The minimum atomic E-state index is -3.74. The Balaban J connectivity index is 1.90. The predicted molar refractivity (Wildman–Crippen MR) is 77.3 cm³/mol. The quantitative estimate of drug-likeness (QED) is 0.866. The van der Waals surface area contributed by atoms with E-state index in [1.165, 1.54) is 6.07 Å². The van der Waals surface area contributed by atoms with E-state index < -0.39 is 15.6 Å². The maximum Gasteiger partial charge on any atom is 0.242 e. The first-order valence-electron chi connectivity index (χ1n) is 6.64. The van der Waals surface area contributed by atoms with Gasteiger partial charge in [-0.05, 0) is 12.1 Å². The van der Waals surface area contributed by atoms with Crippen molar-refractivity contribution < 1.29 is 18.3 Å². The van der Waals surface area contributed by atoms with E-state index in [2.05, 4.69) is 9.71 Å². The van der Waals surface area contributed by atoms with Crippen LogP contribution >= 0.6 is 0 Å². The van der Waals surface area contributed by atoms with E-state index in [0.29, 0.717) is 18.5 Å². The molecule has 0 amide bonds. The zero-order valence-corrected chi connectivity index (χ0v) is 12.1. The molecular weight excluding hydrogens is 292 g/mol. The van der Waals surface area contributed by atoms with E-state index in [4.69, 9.17) is 4.74 Å². The Kier molecular flexibility index (Phi) is 3.66. The molecule has 2 aromatic rings. The van der Waals surface area contributed by atoms with Gasteiger partial charge >= 0.3 is 0 Å². The van der Waals surface area contributed by atoms with Crippen LogP contribution in [0.15, 0.2) is 41.4 Å². The summed E-state index contributed by atoms with van der Waals surface area (Å²) >= 11 is 0. The summed E-state index contributed by atoms with van der Waals surface area (Å²) in [5.41, 5.74) is -0.715. The minimum absolute atomic E-state index is 0.0709. The van der Waals surface area contributed by atoms with Gasteiger partial charge in [0.05, 0.1) is 12.1 Å². The molecular formula is C14H16N2O4S. The summed E-state index contributed by atoms with van der Waals surface area (Å²) in [6.07, 6.45) is 1.98. The summed E-state index contributed by atoms with van der Waals surface area (Å²) in [6.45, 7) is 0.510. The third-order valence-electron chi connectivity index (χ3n) is 3.56. The second-order valence-corrected chi connectivity index (χ2v) is 6.92.